The Kier molecular flexibility index (Phi) is 5.44. The van der Waals surface area contributed by atoms with Crippen LogP contribution < -0.4 is 5.43 Å². The predicted molar refractivity (Wildman–Crippen MR) is 103 cm³/mol. The number of phenols is 1. The summed E-state index contributed by atoms with van der Waals surface area (Å²) >= 11 is 0. The number of hydrogen-bond acceptors (Lipinski definition) is 3. The molecule has 0 spiro atoms. The van der Waals surface area contributed by atoms with Gasteiger partial charge in [-0.15, -0.1) is 0 Å². The lowest BCUT2D eigenvalue weighted by Gasteiger charge is -2.18. The van der Waals surface area contributed by atoms with Crippen LogP contribution >= 0.6 is 0 Å². The molecule has 2 N–H and O–H groups in total. The Morgan fingerprint density at radius 3 is 1.85 bits per heavy atom. The number of aromatic hydroxyl groups is 1. The van der Waals surface area contributed by atoms with E-state index >= 15 is 0 Å². The summed E-state index contributed by atoms with van der Waals surface area (Å²) in [6, 6.07) is 26.2. The SMILES string of the molecule is C/C(=N\NC(=O)c1ccc(O)cc1)C(c1ccccc1)c1ccccc1. The monoisotopic (exact) mass is 344 g/mol. The number of carbonyl (C=O) groups is 1. The molecule has 3 rings (SSSR count). The first-order valence-corrected chi connectivity index (χ1v) is 8.38. The zero-order chi connectivity index (χ0) is 18.4. The van der Waals surface area contributed by atoms with Crippen LogP contribution in [0.15, 0.2) is 90.0 Å². The third kappa shape index (κ3) is 4.16. The number of nitrogens with zero attached hydrogens (tertiary/aromatic N) is 1. The number of rotatable bonds is 5. The summed E-state index contributed by atoms with van der Waals surface area (Å²) in [7, 11) is 0. The Labute approximate surface area is 152 Å². The lowest BCUT2D eigenvalue weighted by Crippen LogP contribution is -2.21. The maximum Gasteiger partial charge on any atom is 0.271 e. The van der Waals surface area contributed by atoms with Gasteiger partial charge in [0.2, 0.25) is 0 Å². The van der Waals surface area contributed by atoms with E-state index in [4.69, 9.17) is 0 Å². The lowest BCUT2D eigenvalue weighted by atomic mass is 9.88. The molecule has 4 nitrogen and oxygen atoms in total. The van der Waals surface area contributed by atoms with Crippen molar-refractivity contribution >= 4 is 11.6 Å². The number of carbonyl (C=O) groups excluding carboxylic acids is 1. The van der Waals surface area contributed by atoms with Crippen molar-refractivity contribution in [1.82, 2.24) is 5.43 Å². The van der Waals surface area contributed by atoms with Crippen molar-refractivity contribution in [3.63, 3.8) is 0 Å². The van der Waals surface area contributed by atoms with Crippen molar-refractivity contribution in [2.24, 2.45) is 5.10 Å². The molecule has 0 aliphatic heterocycles. The fraction of sp³-hybridized carbons (Fsp3) is 0.0909. The second-order valence-corrected chi connectivity index (χ2v) is 6.00. The molecule has 0 heterocycles. The molecule has 0 aliphatic carbocycles. The van der Waals surface area contributed by atoms with Crippen molar-refractivity contribution in [1.29, 1.82) is 0 Å². The zero-order valence-corrected chi connectivity index (χ0v) is 14.5. The van der Waals surface area contributed by atoms with Crippen LogP contribution in [0.5, 0.6) is 5.75 Å². The molecule has 0 aliphatic rings. The number of nitrogens with one attached hydrogen (secondary N) is 1. The van der Waals surface area contributed by atoms with Crippen molar-refractivity contribution in [2.45, 2.75) is 12.8 Å². The van der Waals surface area contributed by atoms with E-state index in [1.165, 1.54) is 12.1 Å². The molecule has 1 amide bonds. The summed E-state index contributed by atoms with van der Waals surface area (Å²) in [5.41, 5.74) is 6.05. The molecule has 0 radical (unpaired) electrons. The highest BCUT2D eigenvalue weighted by atomic mass is 16.3. The van der Waals surface area contributed by atoms with Crippen molar-refractivity contribution < 1.29 is 9.90 Å². The smallest absolute Gasteiger partial charge is 0.271 e. The van der Waals surface area contributed by atoms with E-state index < -0.39 is 0 Å². The van der Waals surface area contributed by atoms with Gasteiger partial charge in [0.05, 0.1) is 0 Å². The summed E-state index contributed by atoms with van der Waals surface area (Å²) in [5, 5.41) is 13.7. The van der Waals surface area contributed by atoms with Gasteiger partial charge in [-0.2, -0.15) is 5.10 Å². The van der Waals surface area contributed by atoms with Crippen molar-refractivity contribution in [3.8, 4) is 5.75 Å². The number of hydrazone groups is 1. The number of phenolic OH excluding ortho intramolecular Hbond substituents is 1. The lowest BCUT2D eigenvalue weighted by molar-refractivity contribution is 0.0954. The van der Waals surface area contributed by atoms with Crippen LogP contribution in [0, 0.1) is 0 Å². The largest absolute Gasteiger partial charge is 0.508 e. The maximum atomic E-state index is 12.3. The van der Waals surface area contributed by atoms with Gasteiger partial charge in [0.15, 0.2) is 0 Å². The number of hydrogen-bond donors (Lipinski definition) is 2. The Morgan fingerprint density at radius 2 is 1.35 bits per heavy atom. The summed E-state index contributed by atoms with van der Waals surface area (Å²) < 4.78 is 0. The summed E-state index contributed by atoms with van der Waals surface area (Å²) in [5.74, 6) is -0.240. The molecule has 3 aromatic rings. The van der Waals surface area contributed by atoms with Crippen molar-refractivity contribution in [3.05, 3.63) is 102 Å². The fourth-order valence-electron chi connectivity index (χ4n) is 2.85. The van der Waals surface area contributed by atoms with Gasteiger partial charge in [-0.3, -0.25) is 4.79 Å². The number of benzene rings is 3. The highest BCUT2D eigenvalue weighted by molar-refractivity contribution is 5.97. The van der Waals surface area contributed by atoms with Gasteiger partial charge in [0, 0.05) is 17.2 Å². The summed E-state index contributed by atoms with van der Waals surface area (Å²) in [4.78, 5) is 12.3. The summed E-state index contributed by atoms with van der Waals surface area (Å²) in [6.07, 6.45) is 0. The van der Waals surface area contributed by atoms with Crippen LogP contribution in [-0.4, -0.2) is 16.7 Å². The average Bonchev–Trinajstić information content (AvgIpc) is 2.68. The molecule has 130 valence electrons. The molecule has 0 unspecified atom stereocenters. The molecule has 0 saturated carbocycles. The van der Waals surface area contributed by atoms with Crippen LogP contribution in [0.1, 0.15) is 34.3 Å². The third-order valence-electron chi connectivity index (χ3n) is 4.15. The van der Waals surface area contributed by atoms with Gasteiger partial charge >= 0.3 is 0 Å². The Balaban J connectivity index is 1.85. The van der Waals surface area contributed by atoms with Gasteiger partial charge in [0.1, 0.15) is 5.75 Å². The van der Waals surface area contributed by atoms with E-state index in [2.05, 4.69) is 34.8 Å². The van der Waals surface area contributed by atoms with E-state index in [0.29, 0.717) is 5.56 Å². The average molecular weight is 344 g/mol. The minimum Gasteiger partial charge on any atom is -0.508 e. The fourth-order valence-corrected chi connectivity index (χ4v) is 2.85. The van der Waals surface area contributed by atoms with Gasteiger partial charge in [-0.05, 0) is 42.3 Å². The molecule has 0 fully saturated rings. The van der Waals surface area contributed by atoms with Crippen molar-refractivity contribution in [2.75, 3.05) is 0 Å². The Bertz CT molecular complexity index is 849. The van der Waals surface area contributed by atoms with Gasteiger partial charge in [-0.25, -0.2) is 5.43 Å². The Morgan fingerprint density at radius 1 is 0.846 bits per heavy atom. The summed E-state index contributed by atoms with van der Waals surface area (Å²) in [6.45, 7) is 1.90. The van der Waals surface area contributed by atoms with Gasteiger partial charge in [0.25, 0.3) is 5.91 Å². The second-order valence-electron chi connectivity index (χ2n) is 6.00. The quantitative estimate of drug-likeness (QED) is 0.534. The molecule has 0 aromatic heterocycles. The molecular formula is C22H20N2O2. The van der Waals surface area contributed by atoms with Crippen LogP contribution in [0.3, 0.4) is 0 Å². The van der Waals surface area contributed by atoms with Gasteiger partial charge in [-0.1, -0.05) is 60.7 Å². The van der Waals surface area contributed by atoms with Gasteiger partial charge < -0.3 is 5.11 Å². The predicted octanol–water partition coefficient (Wildman–Crippen LogP) is 4.33. The minimum atomic E-state index is -0.316. The third-order valence-corrected chi connectivity index (χ3v) is 4.15. The highest BCUT2D eigenvalue weighted by Crippen LogP contribution is 2.26. The molecule has 0 saturated heterocycles. The molecule has 4 heteroatoms. The minimum absolute atomic E-state index is 0.0440. The van der Waals surface area contributed by atoms with E-state index in [-0.39, 0.29) is 17.6 Å². The van der Waals surface area contributed by atoms with Crippen LogP contribution in [0.4, 0.5) is 0 Å². The standard InChI is InChI=1S/C22H20N2O2/c1-16(23-24-22(26)19-12-14-20(25)15-13-19)21(17-8-4-2-5-9-17)18-10-6-3-7-11-18/h2-15,21,25H,1H3,(H,24,26)/b23-16+. The van der Waals surface area contributed by atoms with Crippen LogP contribution in [0.25, 0.3) is 0 Å². The number of amides is 1. The normalized spacial score (nSPS) is 11.4. The van der Waals surface area contributed by atoms with Crippen LogP contribution in [-0.2, 0) is 0 Å². The molecule has 3 aromatic carbocycles. The molecule has 0 bridgehead atoms. The molecule has 26 heavy (non-hydrogen) atoms. The second kappa shape index (κ2) is 8.12. The zero-order valence-electron chi connectivity index (χ0n) is 14.5. The van der Waals surface area contributed by atoms with E-state index in [0.717, 1.165) is 16.8 Å². The first-order chi connectivity index (χ1) is 12.6. The first-order valence-electron chi connectivity index (χ1n) is 8.38. The van der Waals surface area contributed by atoms with E-state index in [1.54, 1.807) is 12.1 Å². The molecular weight excluding hydrogens is 324 g/mol. The first kappa shape index (κ1) is 17.4. The Hall–Kier alpha value is -3.40. The van der Waals surface area contributed by atoms with E-state index in [1.807, 2.05) is 43.3 Å². The maximum absolute atomic E-state index is 12.3. The van der Waals surface area contributed by atoms with Crippen LogP contribution in [0.2, 0.25) is 0 Å². The topological polar surface area (TPSA) is 61.7 Å². The van der Waals surface area contributed by atoms with E-state index in [9.17, 15) is 9.90 Å². The molecule has 0 atom stereocenters. The highest BCUT2D eigenvalue weighted by Gasteiger charge is 2.17.